The molecule has 5 heteroatoms. The molecule has 1 aromatic heterocycles. The normalized spacial score (nSPS) is 28.2. The van der Waals surface area contributed by atoms with E-state index < -0.39 is 0 Å². The number of anilines is 1. The molecule has 24 heavy (non-hydrogen) atoms. The summed E-state index contributed by atoms with van der Waals surface area (Å²) in [7, 11) is 0. The van der Waals surface area contributed by atoms with Crippen LogP contribution in [0.3, 0.4) is 0 Å². The second-order valence-corrected chi connectivity index (χ2v) is 7.79. The zero-order valence-electron chi connectivity index (χ0n) is 15.2. The Labute approximate surface area is 145 Å². The van der Waals surface area contributed by atoms with Gasteiger partial charge in [-0.05, 0) is 36.7 Å². The second kappa shape index (κ2) is 7.49. The highest BCUT2D eigenvalue weighted by molar-refractivity contribution is 5.79. The molecule has 1 aliphatic carbocycles. The molecule has 0 radical (unpaired) electrons. The van der Waals surface area contributed by atoms with Gasteiger partial charge in [0.2, 0.25) is 11.9 Å². The van der Waals surface area contributed by atoms with Crippen LogP contribution in [-0.2, 0) is 4.79 Å². The molecule has 0 N–H and O–H groups in total. The minimum atomic E-state index is 0.216. The number of hydrogen-bond acceptors (Lipinski definition) is 4. The van der Waals surface area contributed by atoms with Gasteiger partial charge in [-0.1, -0.05) is 27.2 Å². The molecule has 2 heterocycles. The smallest absolute Gasteiger partial charge is 0.226 e. The van der Waals surface area contributed by atoms with Crippen molar-refractivity contribution in [3.63, 3.8) is 0 Å². The maximum absolute atomic E-state index is 13.1. The molecule has 2 fully saturated rings. The molecule has 1 amide bonds. The summed E-state index contributed by atoms with van der Waals surface area (Å²) in [4.78, 5) is 26.0. The van der Waals surface area contributed by atoms with E-state index in [9.17, 15) is 4.79 Å². The third-order valence-electron chi connectivity index (χ3n) is 5.77. The first-order chi connectivity index (χ1) is 11.6. The van der Waals surface area contributed by atoms with E-state index in [2.05, 4.69) is 40.5 Å². The van der Waals surface area contributed by atoms with Gasteiger partial charge in [-0.25, -0.2) is 9.97 Å². The first kappa shape index (κ1) is 17.2. The fourth-order valence-corrected chi connectivity index (χ4v) is 4.30. The maximum Gasteiger partial charge on any atom is 0.226 e. The van der Waals surface area contributed by atoms with Gasteiger partial charge in [0.15, 0.2) is 0 Å². The first-order valence-corrected chi connectivity index (χ1v) is 9.37. The van der Waals surface area contributed by atoms with E-state index in [0.717, 1.165) is 38.5 Å². The summed E-state index contributed by atoms with van der Waals surface area (Å²) in [6, 6.07) is 1.83. The lowest BCUT2D eigenvalue weighted by atomic mass is 9.69. The van der Waals surface area contributed by atoms with Crippen LogP contribution in [-0.4, -0.2) is 47.0 Å². The highest BCUT2D eigenvalue weighted by Crippen LogP contribution is 2.39. The standard InChI is InChI=1S/C19H30N4O/c1-14(2)16-6-5-15(3)13-17(16)18(24)22-9-11-23(12-10-22)19-20-7-4-8-21-19/h4,7-8,14-17H,5-6,9-13H2,1-3H3/t15-,16+,17-/m1/s1. The lowest BCUT2D eigenvalue weighted by Gasteiger charge is -2.41. The van der Waals surface area contributed by atoms with Crippen LogP contribution in [0.4, 0.5) is 5.95 Å². The van der Waals surface area contributed by atoms with Gasteiger partial charge in [-0.3, -0.25) is 4.79 Å². The molecule has 5 nitrogen and oxygen atoms in total. The molecule has 0 unspecified atom stereocenters. The Morgan fingerprint density at radius 3 is 2.42 bits per heavy atom. The van der Waals surface area contributed by atoms with Crippen LogP contribution < -0.4 is 4.90 Å². The van der Waals surface area contributed by atoms with Crippen LogP contribution >= 0.6 is 0 Å². The van der Waals surface area contributed by atoms with Crippen LogP contribution in [0.5, 0.6) is 0 Å². The van der Waals surface area contributed by atoms with Gasteiger partial charge < -0.3 is 9.80 Å². The average molecular weight is 330 g/mol. The molecule has 1 aromatic rings. The van der Waals surface area contributed by atoms with Crippen LogP contribution in [0, 0.1) is 23.7 Å². The van der Waals surface area contributed by atoms with E-state index in [1.807, 2.05) is 6.07 Å². The van der Waals surface area contributed by atoms with Crippen LogP contribution in [0.2, 0.25) is 0 Å². The quantitative estimate of drug-likeness (QED) is 0.855. The Bertz CT molecular complexity index is 540. The second-order valence-electron chi connectivity index (χ2n) is 7.79. The van der Waals surface area contributed by atoms with Gasteiger partial charge >= 0.3 is 0 Å². The molecule has 0 bridgehead atoms. The summed E-state index contributed by atoms with van der Waals surface area (Å²) in [5, 5.41) is 0. The van der Waals surface area contributed by atoms with E-state index >= 15 is 0 Å². The largest absolute Gasteiger partial charge is 0.339 e. The monoisotopic (exact) mass is 330 g/mol. The summed E-state index contributed by atoms with van der Waals surface area (Å²) in [5.74, 6) is 3.18. The van der Waals surface area contributed by atoms with Gasteiger partial charge in [0.1, 0.15) is 0 Å². The lowest BCUT2D eigenvalue weighted by Crippen LogP contribution is -2.52. The predicted octanol–water partition coefficient (Wildman–Crippen LogP) is 2.83. The lowest BCUT2D eigenvalue weighted by molar-refractivity contribution is -0.140. The van der Waals surface area contributed by atoms with E-state index in [0.29, 0.717) is 23.7 Å². The molecule has 3 atom stereocenters. The van der Waals surface area contributed by atoms with Gasteiger partial charge in [0.25, 0.3) is 0 Å². The summed E-state index contributed by atoms with van der Waals surface area (Å²) >= 11 is 0. The molecule has 0 spiro atoms. The van der Waals surface area contributed by atoms with Crippen LogP contribution in [0.1, 0.15) is 40.0 Å². The molecule has 1 aliphatic heterocycles. The summed E-state index contributed by atoms with van der Waals surface area (Å²) in [6.07, 6.45) is 7.08. The first-order valence-electron chi connectivity index (χ1n) is 9.37. The number of carbonyl (C=O) groups excluding carboxylic acids is 1. The molecule has 132 valence electrons. The average Bonchev–Trinajstić information content (AvgIpc) is 2.61. The van der Waals surface area contributed by atoms with E-state index in [-0.39, 0.29) is 5.92 Å². The van der Waals surface area contributed by atoms with E-state index in [1.54, 1.807) is 12.4 Å². The molecule has 1 saturated carbocycles. The highest BCUT2D eigenvalue weighted by Gasteiger charge is 2.38. The van der Waals surface area contributed by atoms with Crippen molar-refractivity contribution in [3.05, 3.63) is 18.5 Å². The van der Waals surface area contributed by atoms with Crippen molar-refractivity contribution in [2.45, 2.75) is 40.0 Å². The molecular formula is C19H30N4O. The summed E-state index contributed by atoms with van der Waals surface area (Å²) in [6.45, 7) is 10.0. The molecule has 1 saturated heterocycles. The maximum atomic E-state index is 13.1. The van der Waals surface area contributed by atoms with Crippen molar-refractivity contribution in [1.29, 1.82) is 0 Å². The Morgan fingerprint density at radius 2 is 1.79 bits per heavy atom. The van der Waals surface area contributed by atoms with Crippen LogP contribution in [0.15, 0.2) is 18.5 Å². The minimum absolute atomic E-state index is 0.216. The molecule has 3 rings (SSSR count). The minimum Gasteiger partial charge on any atom is -0.339 e. The molecule has 0 aromatic carbocycles. The fourth-order valence-electron chi connectivity index (χ4n) is 4.30. The van der Waals surface area contributed by atoms with Crippen molar-refractivity contribution in [2.24, 2.45) is 23.7 Å². The third-order valence-corrected chi connectivity index (χ3v) is 5.77. The van der Waals surface area contributed by atoms with E-state index in [4.69, 9.17) is 0 Å². The Balaban J connectivity index is 1.61. The number of amides is 1. The SMILES string of the molecule is CC(C)[C@@H]1CC[C@@H](C)C[C@H]1C(=O)N1CCN(c2ncccn2)CC1. The fraction of sp³-hybridized carbons (Fsp3) is 0.737. The Kier molecular flexibility index (Phi) is 5.36. The van der Waals surface area contributed by atoms with Crippen molar-refractivity contribution in [1.82, 2.24) is 14.9 Å². The number of carbonyl (C=O) groups is 1. The number of rotatable bonds is 3. The van der Waals surface area contributed by atoms with Crippen molar-refractivity contribution >= 4 is 11.9 Å². The molecular weight excluding hydrogens is 300 g/mol. The summed E-state index contributed by atoms with van der Waals surface area (Å²) in [5.41, 5.74) is 0. The number of hydrogen-bond donors (Lipinski definition) is 0. The molecule has 2 aliphatic rings. The van der Waals surface area contributed by atoms with Crippen LogP contribution in [0.25, 0.3) is 0 Å². The zero-order chi connectivity index (χ0) is 17.1. The van der Waals surface area contributed by atoms with Gasteiger partial charge in [0.05, 0.1) is 0 Å². The summed E-state index contributed by atoms with van der Waals surface area (Å²) < 4.78 is 0. The number of aromatic nitrogens is 2. The van der Waals surface area contributed by atoms with Gasteiger partial charge in [-0.2, -0.15) is 0 Å². The number of piperazine rings is 1. The Morgan fingerprint density at radius 1 is 1.12 bits per heavy atom. The highest BCUT2D eigenvalue weighted by atomic mass is 16.2. The van der Waals surface area contributed by atoms with E-state index in [1.165, 1.54) is 12.8 Å². The van der Waals surface area contributed by atoms with Crippen molar-refractivity contribution in [3.8, 4) is 0 Å². The van der Waals surface area contributed by atoms with Gasteiger partial charge in [0, 0.05) is 44.5 Å². The third kappa shape index (κ3) is 3.70. The zero-order valence-corrected chi connectivity index (χ0v) is 15.2. The van der Waals surface area contributed by atoms with Crippen molar-refractivity contribution in [2.75, 3.05) is 31.1 Å². The number of nitrogens with zero attached hydrogens (tertiary/aromatic N) is 4. The topological polar surface area (TPSA) is 49.3 Å². The van der Waals surface area contributed by atoms with Gasteiger partial charge in [-0.15, -0.1) is 0 Å². The van der Waals surface area contributed by atoms with Crippen molar-refractivity contribution < 1.29 is 4.79 Å². The predicted molar refractivity (Wildman–Crippen MR) is 95.7 cm³/mol. The Hall–Kier alpha value is -1.65.